The molecule has 4 rings (SSSR count). The number of rotatable bonds is 6. The lowest BCUT2D eigenvalue weighted by molar-refractivity contribution is -0.384. The van der Waals surface area contributed by atoms with Crippen LogP contribution in [0.25, 0.3) is 10.9 Å². The highest BCUT2D eigenvalue weighted by Gasteiger charge is 2.30. The maximum Gasteiger partial charge on any atom is 0.292 e. The Hall–Kier alpha value is -3.88. The third kappa shape index (κ3) is 4.41. The number of carbonyl (C=O) groups excluding carboxylic acids is 2. The van der Waals surface area contributed by atoms with Crippen molar-refractivity contribution in [3.05, 3.63) is 70.4 Å². The van der Waals surface area contributed by atoms with E-state index in [1.54, 1.807) is 23.1 Å². The summed E-state index contributed by atoms with van der Waals surface area (Å²) in [5.41, 5.74) is 2.56. The molecule has 0 bridgehead atoms. The third-order valence-electron chi connectivity index (χ3n) is 5.79. The van der Waals surface area contributed by atoms with Crippen LogP contribution in [0.4, 0.5) is 11.4 Å². The van der Waals surface area contributed by atoms with Gasteiger partial charge in [0.25, 0.3) is 5.69 Å². The number of benzene rings is 2. The maximum atomic E-state index is 13.3. The van der Waals surface area contributed by atoms with Crippen LogP contribution in [0.3, 0.4) is 0 Å². The highest BCUT2D eigenvalue weighted by Crippen LogP contribution is 2.28. The number of piperazine rings is 1. The summed E-state index contributed by atoms with van der Waals surface area (Å²) in [6, 6.07) is 13.8. The van der Waals surface area contributed by atoms with Crippen LogP contribution < -0.4 is 10.2 Å². The van der Waals surface area contributed by atoms with Crippen molar-refractivity contribution in [3.63, 3.8) is 0 Å². The largest absolute Gasteiger partial charge is 0.362 e. The van der Waals surface area contributed by atoms with Crippen molar-refractivity contribution >= 4 is 34.1 Å². The molecule has 32 heavy (non-hydrogen) atoms. The van der Waals surface area contributed by atoms with Gasteiger partial charge in [-0.3, -0.25) is 19.7 Å². The molecule has 1 aliphatic rings. The molecule has 9 nitrogen and oxygen atoms in total. The number of carbonyl (C=O) groups is 2. The van der Waals surface area contributed by atoms with E-state index in [1.807, 2.05) is 35.4 Å². The second kappa shape index (κ2) is 9.09. The zero-order valence-electron chi connectivity index (χ0n) is 17.8. The molecular formula is C23H25N5O4. The number of hydrogen-bond donors (Lipinski definition) is 2. The van der Waals surface area contributed by atoms with Crippen LogP contribution in [0.15, 0.2) is 54.7 Å². The molecule has 3 aromatic rings. The second-order valence-corrected chi connectivity index (χ2v) is 7.87. The van der Waals surface area contributed by atoms with Crippen LogP contribution in [-0.4, -0.2) is 58.8 Å². The molecule has 1 saturated heterocycles. The summed E-state index contributed by atoms with van der Waals surface area (Å²) in [7, 11) is 0. The molecule has 9 heteroatoms. The van der Waals surface area contributed by atoms with Crippen molar-refractivity contribution in [2.45, 2.75) is 19.4 Å². The van der Waals surface area contributed by atoms with Crippen LogP contribution in [-0.2, 0) is 16.0 Å². The van der Waals surface area contributed by atoms with Gasteiger partial charge in [0.2, 0.25) is 11.8 Å². The Kier molecular flexibility index (Phi) is 6.07. The Balaban J connectivity index is 1.47. The average Bonchev–Trinajstić information content (AvgIpc) is 3.21. The first kappa shape index (κ1) is 21.4. The number of para-hydroxylation sites is 3. The minimum atomic E-state index is -0.677. The summed E-state index contributed by atoms with van der Waals surface area (Å²) in [6.07, 6.45) is 2.26. The number of amides is 2. The molecule has 1 atom stereocenters. The van der Waals surface area contributed by atoms with Crippen molar-refractivity contribution in [1.82, 2.24) is 15.2 Å². The molecule has 0 unspecified atom stereocenters. The number of hydrogen-bond acceptors (Lipinski definition) is 5. The van der Waals surface area contributed by atoms with E-state index in [2.05, 4.69) is 10.3 Å². The summed E-state index contributed by atoms with van der Waals surface area (Å²) in [4.78, 5) is 42.9. The van der Waals surface area contributed by atoms with Gasteiger partial charge >= 0.3 is 0 Å². The second-order valence-electron chi connectivity index (χ2n) is 7.87. The summed E-state index contributed by atoms with van der Waals surface area (Å²) in [5.74, 6) is -0.408. The zero-order valence-corrected chi connectivity index (χ0v) is 17.8. The predicted molar refractivity (Wildman–Crippen MR) is 121 cm³/mol. The molecule has 0 aliphatic carbocycles. The van der Waals surface area contributed by atoms with E-state index in [0.717, 1.165) is 16.5 Å². The highest BCUT2D eigenvalue weighted by atomic mass is 16.6. The number of H-pyrrole nitrogens is 1. The van der Waals surface area contributed by atoms with Gasteiger partial charge in [-0.25, -0.2) is 0 Å². The van der Waals surface area contributed by atoms with Gasteiger partial charge in [0.15, 0.2) is 0 Å². The molecule has 0 spiro atoms. The Morgan fingerprint density at radius 2 is 1.78 bits per heavy atom. The predicted octanol–water partition coefficient (Wildman–Crippen LogP) is 2.47. The molecule has 2 aromatic carbocycles. The lowest BCUT2D eigenvalue weighted by Crippen LogP contribution is -2.55. The number of anilines is 1. The number of nitro benzene ring substituents is 1. The van der Waals surface area contributed by atoms with Gasteiger partial charge < -0.3 is 20.1 Å². The number of nitrogens with zero attached hydrogens (tertiary/aromatic N) is 3. The topological polar surface area (TPSA) is 112 Å². The SMILES string of the molecule is CC(=O)N[C@@H](Cc1c[nH]c2ccccc12)C(=O)N1CCN(c2ccccc2[N+](=O)[O-])CC1. The van der Waals surface area contributed by atoms with E-state index < -0.39 is 6.04 Å². The van der Waals surface area contributed by atoms with Crippen molar-refractivity contribution in [3.8, 4) is 0 Å². The van der Waals surface area contributed by atoms with Crippen molar-refractivity contribution < 1.29 is 14.5 Å². The van der Waals surface area contributed by atoms with Gasteiger partial charge in [-0.15, -0.1) is 0 Å². The van der Waals surface area contributed by atoms with Gasteiger partial charge in [0.05, 0.1) is 4.92 Å². The van der Waals surface area contributed by atoms with Crippen molar-refractivity contribution in [2.75, 3.05) is 31.1 Å². The molecule has 2 heterocycles. The lowest BCUT2D eigenvalue weighted by Gasteiger charge is -2.37. The fraction of sp³-hybridized carbons (Fsp3) is 0.304. The Bertz CT molecular complexity index is 1150. The molecule has 166 valence electrons. The fourth-order valence-corrected chi connectivity index (χ4v) is 4.24. The quantitative estimate of drug-likeness (QED) is 0.456. The molecule has 0 saturated carbocycles. The van der Waals surface area contributed by atoms with Crippen LogP contribution in [0.5, 0.6) is 0 Å². The van der Waals surface area contributed by atoms with Crippen LogP contribution in [0.2, 0.25) is 0 Å². The van der Waals surface area contributed by atoms with Gasteiger partial charge in [0, 0.05) is 62.7 Å². The summed E-state index contributed by atoms with van der Waals surface area (Å²) in [6.45, 7) is 3.22. The first-order valence-electron chi connectivity index (χ1n) is 10.5. The summed E-state index contributed by atoms with van der Waals surface area (Å²) in [5, 5.41) is 15.2. The summed E-state index contributed by atoms with van der Waals surface area (Å²) < 4.78 is 0. The van der Waals surface area contributed by atoms with E-state index >= 15 is 0 Å². The van der Waals surface area contributed by atoms with Crippen LogP contribution in [0, 0.1) is 10.1 Å². The Labute approximate surface area is 185 Å². The fourth-order valence-electron chi connectivity index (χ4n) is 4.24. The van der Waals surface area contributed by atoms with Gasteiger partial charge in [-0.05, 0) is 17.7 Å². The standard InChI is InChI=1S/C23H25N5O4/c1-16(29)25-20(14-17-15-24-19-7-3-2-6-18(17)19)23(30)27-12-10-26(11-13-27)21-8-4-5-9-22(21)28(31)32/h2-9,15,20,24H,10-14H2,1H3,(H,25,29)/t20-/m0/s1. The van der Waals surface area contributed by atoms with E-state index in [1.165, 1.54) is 13.0 Å². The van der Waals surface area contributed by atoms with Gasteiger partial charge in [-0.1, -0.05) is 30.3 Å². The van der Waals surface area contributed by atoms with Gasteiger partial charge in [-0.2, -0.15) is 0 Å². The number of aromatic amines is 1. The maximum absolute atomic E-state index is 13.3. The molecule has 2 N–H and O–H groups in total. The monoisotopic (exact) mass is 435 g/mol. The minimum absolute atomic E-state index is 0.0581. The van der Waals surface area contributed by atoms with Crippen molar-refractivity contribution in [2.24, 2.45) is 0 Å². The van der Waals surface area contributed by atoms with Crippen LogP contribution in [0.1, 0.15) is 12.5 Å². The number of aromatic nitrogens is 1. The minimum Gasteiger partial charge on any atom is -0.362 e. The van der Waals surface area contributed by atoms with Crippen molar-refractivity contribution in [1.29, 1.82) is 0 Å². The molecular weight excluding hydrogens is 410 g/mol. The molecule has 1 aromatic heterocycles. The average molecular weight is 435 g/mol. The highest BCUT2D eigenvalue weighted by molar-refractivity contribution is 5.89. The number of nitro groups is 1. The van der Waals surface area contributed by atoms with E-state index in [9.17, 15) is 19.7 Å². The Morgan fingerprint density at radius 1 is 1.09 bits per heavy atom. The summed E-state index contributed by atoms with van der Waals surface area (Å²) >= 11 is 0. The normalized spacial score (nSPS) is 14.9. The lowest BCUT2D eigenvalue weighted by atomic mass is 10.0. The first-order chi connectivity index (χ1) is 15.4. The Morgan fingerprint density at radius 3 is 2.50 bits per heavy atom. The molecule has 2 amide bonds. The van der Waals surface area contributed by atoms with E-state index in [-0.39, 0.29) is 22.4 Å². The number of nitrogens with one attached hydrogen (secondary N) is 2. The molecule has 0 radical (unpaired) electrons. The third-order valence-corrected chi connectivity index (χ3v) is 5.79. The van der Waals surface area contributed by atoms with E-state index in [0.29, 0.717) is 38.3 Å². The number of fused-ring (bicyclic) bond motifs is 1. The van der Waals surface area contributed by atoms with E-state index in [4.69, 9.17) is 0 Å². The van der Waals surface area contributed by atoms with Crippen LogP contribution >= 0.6 is 0 Å². The smallest absolute Gasteiger partial charge is 0.292 e. The molecule has 1 fully saturated rings. The first-order valence-corrected chi connectivity index (χ1v) is 10.5. The zero-order chi connectivity index (χ0) is 22.7. The van der Waals surface area contributed by atoms with Gasteiger partial charge in [0.1, 0.15) is 11.7 Å². The molecule has 1 aliphatic heterocycles.